The minimum absolute atomic E-state index is 0.0198. The topological polar surface area (TPSA) is 156 Å². The number of rotatable bonds is 10. The van der Waals surface area contributed by atoms with Crippen molar-refractivity contribution >= 4 is 15.8 Å². The van der Waals surface area contributed by atoms with Crippen LogP contribution in [0.1, 0.15) is 52.0 Å². The molecule has 3 N–H and O–H groups in total. The third-order valence-electron chi connectivity index (χ3n) is 9.26. The van der Waals surface area contributed by atoms with Crippen LogP contribution in [0.4, 0.5) is 0 Å². The molecule has 4 heterocycles. The van der Waals surface area contributed by atoms with Gasteiger partial charge in [-0.15, -0.1) is 0 Å². The number of carbonyl (C=O) groups is 1. The molecule has 2 aromatic carbocycles. The SMILES string of the molecule is CCCC[C@]1(C(=O)O[C@H]2CO[C@H]3OCC[C@H]32)OC(C)(C)N(CN)[C@@]1(Cc1ccc(O)cc1)S(=O)(=O)c1ccc2c(c1)OCO2. The van der Waals surface area contributed by atoms with E-state index in [1.807, 2.05) is 6.92 Å². The van der Waals surface area contributed by atoms with Gasteiger partial charge in [0.1, 0.15) is 17.6 Å². The van der Waals surface area contributed by atoms with Crippen LogP contribution in [0.15, 0.2) is 47.4 Å². The number of esters is 1. The summed E-state index contributed by atoms with van der Waals surface area (Å²) in [4.78, 5) is 14.2. The van der Waals surface area contributed by atoms with Crippen LogP contribution in [-0.2, 0) is 40.0 Å². The predicted molar refractivity (Wildman–Crippen MR) is 156 cm³/mol. The van der Waals surface area contributed by atoms with Crippen molar-refractivity contribution in [2.24, 2.45) is 11.7 Å². The molecule has 0 bridgehead atoms. The van der Waals surface area contributed by atoms with Crippen molar-refractivity contribution in [3.05, 3.63) is 48.0 Å². The second kappa shape index (κ2) is 11.5. The fraction of sp³-hybridized carbons (Fsp3) is 0.581. The van der Waals surface area contributed by atoms with Crippen molar-refractivity contribution in [1.82, 2.24) is 4.90 Å². The molecule has 3 fully saturated rings. The summed E-state index contributed by atoms with van der Waals surface area (Å²) in [5.41, 5.74) is 3.64. The summed E-state index contributed by atoms with van der Waals surface area (Å²) in [6.07, 6.45) is 0.522. The molecule has 0 unspecified atom stereocenters. The fourth-order valence-corrected chi connectivity index (χ4v) is 9.66. The van der Waals surface area contributed by atoms with Gasteiger partial charge in [0.15, 0.2) is 22.7 Å². The molecule has 0 saturated carbocycles. The average molecular weight is 633 g/mol. The Bertz CT molecular complexity index is 1500. The summed E-state index contributed by atoms with van der Waals surface area (Å²) in [7, 11) is -4.53. The van der Waals surface area contributed by atoms with Crippen molar-refractivity contribution in [3.63, 3.8) is 0 Å². The van der Waals surface area contributed by atoms with Crippen LogP contribution in [0.3, 0.4) is 0 Å². The molecule has 6 rings (SSSR count). The number of nitrogens with two attached hydrogens (primary N) is 1. The number of unbranched alkanes of at least 4 members (excludes halogenated alkanes) is 1. The summed E-state index contributed by atoms with van der Waals surface area (Å²) < 4.78 is 66.2. The number of sulfone groups is 1. The Hall–Kier alpha value is -2.94. The molecular formula is C31H40N2O10S. The van der Waals surface area contributed by atoms with Gasteiger partial charge in [-0.2, -0.15) is 0 Å². The molecular weight excluding hydrogens is 592 g/mol. The van der Waals surface area contributed by atoms with Crippen molar-refractivity contribution in [2.75, 3.05) is 26.7 Å². The molecule has 13 heteroatoms. The number of phenolic OH excluding ortho intramolecular Hbond substituents is 1. The van der Waals surface area contributed by atoms with Gasteiger partial charge in [-0.25, -0.2) is 18.1 Å². The van der Waals surface area contributed by atoms with Gasteiger partial charge < -0.3 is 39.3 Å². The highest BCUT2D eigenvalue weighted by Crippen LogP contribution is 2.56. The Labute approximate surface area is 257 Å². The third kappa shape index (κ3) is 4.76. The molecule has 0 spiro atoms. The molecule has 0 amide bonds. The molecule has 2 aromatic rings. The quantitative estimate of drug-likeness (QED) is 0.370. The van der Waals surface area contributed by atoms with E-state index < -0.39 is 44.4 Å². The first-order valence-corrected chi connectivity index (χ1v) is 16.5. The minimum atomic E-state index is -4.53. The number of phenols is 1. The Morgan fingerprint density at radius 3 is 2.59 bits per heavy atom. The summed E-state index contributed by atoms with van der Waals surface area (Å²) >= 11 is 0. The van der Waals surface area contributed by atoms with E-state index in [0.29, 0.717) is 37.2 Å². The summed E-state index contributed by atoms with van der Waals surface area (Å²) in [5, 5.41) is 10.0. The van der Waals surface area contributed by atoms with Crippen LogP contribution in [-0.4, -0.2) is 79.7 Å². The smallest absolute Gasteiger partial charge is 0.342 e. The maximum Gasteiger partial charge on any atom is 0.342 e. The number of benzene rings is 2. The second-order valence-corrected chi connectivity index (χ2v) is 14.4. The van der Waals surface area contributed by atoms with Gasteiger partial charge in [-0.3, -0.25) is 0 Å². The van der Waals surface area contributed by atoms with E-state index in [0.717, 1.165) is 0 Å². The van der Waals surface area contributed by atoms with Gasteiger partial charge in [-0.05, 0) is 56.5 Å². The normalized spacial score (nSPS) is 30.9. The molecule has 3 saturated heterocycles. The lowest BCUT2D eigenvalue weighted by Gasteiger charge is -2.46. The number of hydrogen-bond donors (Lipinski definition) is 2. The van der Waals surface area contributed by atoms with E-state index >= 15 is 8.42 Å². The first kappa shape index (κ1) is 31.1. The van der Waals surface area contributed by atoms with Gasteiger partial charge in [0, 0.05) is 19.2 Å². The first-order valence-electron chi connectivity index (χ1n) is 15.0. The van der Waals surface area contributed by atoms with E-state index in [-0.39, 0.29) is 55.2 Å². The standard InChI is InChI=1S/C31H40N2O10S/c1-4-5-13-30(28(35)42-26-17-39-27-23(26)12-14-38-27)31(33(18-32)29(2,3)43-30,16-20-6-8-21(34)9-7-20)44(36,37)22-10-11-24-25(15-22)41-19-40-24/h6-11,15,23,26-27,34H,4-5,12-14,16-19,32H2,1-3H3/t23-,26-,27+,30+,31-/m0/s1. The van der Waals surface area contributed by atoms with Crippen LogP contribution >= 0.6 is 0 Å². The lowest BCUT2D eigenvalue weighted by atomic mass is 9.83. The maximum atomic E-state index is 15.4. The van der Waals surface area contributed by atoms with Crippen molar-refractivity contribution in [3.8, 4) is 17.2 Å². The van der Waals surface area contributed by atoms with Gasteiger partial charge in [-0.1, -0.05) is 31.9 Å². The van der Waals surface area contributed by atoms with E-state index in [9.17, 15) is 9.90 Å². The molecule has 0 aliphatic carbocycles. The number of ether oxygens (including phenoxy) is 6. The molecule has 0 aromatic heterocycles. The lowest BCUT2D eigenvalue weighted by molar-refractivity contribution is -0.190. The van der Waals surface area contributed by atoms with Crippen molar-refractivity contribution in [1.29, 1.82) is 0 Å². The third-order valence-corrected chi connectivity index (χ3v) is 11.7. The Kier molecular flexibility index (Phi) is 8.08. The van der Waals surface area contributed by atoms with E-state index in [4.69, 9.17) is 34.2 Å². The van der Waals surface area contributed by atoms with Crippen molar-refractivity contribution in [2.45, 2.75) is 86.4 Å². The first-order chi connectivity index (χ1) is 21.0. The van der Waals surface area contributed by atoms with Crippen LogP contribution in [0.5, 0.6) is 17.2 Å². The average Bonchev–Trinajstić information content (AvgIpc) is 3.76. The molecule has 44 heavy (non-hydrogen) atoms. The molecule has 240 valence electrons. The predicted octanol–water partition coefficient (Wildman–Crippen LogP) is 3.05. The number of nitrogens with zero attached hydrogens (tertiary/aromatic N) is 1. The monoisotopic (exact) mass is 632 g/mol. The summed E-state index contributed by atoms with van der Waals surface area (Å²) in [5.74, 6) is -0.244. The van der Waals surface area contributed by atoms with Gasteiger partial charge in [0.05, 0.1) is 24.0 Å². The minimum Gasteiger partial charge on any atom is -0.508 e. The highest BCUT2D eigenvalue weighted by atomic mass is 32.2. The van der Waals surface area contributed by atoms with E-state index in [1.165, 1.54) is 24.3 Å². The van der Waals surface area contributed by atoms with E-state index in [2.05, 4.69) is 0 Å². The largest absolute Gasteiger partial charge is 0.508 e. The Morgan fingerprint density at radius 1 is 1.11 bits per heavy atom. The number of hydrogen-bond acceptors (Lipinski definition) is 12. The zero-order valence-corrected chi connectivity index (χ0v) is 26.0. The molecule has 12 nitrogen and oxygen atoms in total. The summed E-state index contributed by atoms with van der Waals surface area (Å²) in [6, 6.07) is 10.6. The zero-order chi connectivity index (χ0) is 31.3. The number of carbonyl (C=O) groups excluding carboxylic acids is 1. The highest BCUT2D eigenvalue weighted by Gasteiger charge is 2.76. The molecule has 4 aliphatic heterocycles. The molecule has 5 atom stereocenters. The molecule has 4 aliphatic rings. The van der Waals surface area contributed by atoms with E-state index in [1.54, 1.807) is 36.9 Å². The van der Waals surface area contributed by atoms with Gasteiger partial charge in [0.2, 0.25) is 22.2 Å². The highest BCUT2D eigenvalue weighted by molar-refractivity contribution is 7.93. The van der Waals surface area contributed by atoms with Crippen LogP contribution in [0, 0.1) is 5.92 Å². The van der Waals surface area contributed by atoms with Gasteiger partial charge in [0.25, 0.3) is 0 Å². The van der Waals surface area contributed by atoms with Gasteiger partial charge >= 0.3 is 5.97 Å². The number of fused-ring (bicyclic) bond motifs is 2. The second-order valence-electron chi connectivity index (χ2n) is 12.2. The zero-order valence-electron chi connectivity index (χ0n) is 25.2. The Balaban J connectivity index is 1.57. The van der Waals surface area contributed by atoms with Crippen LogP contribution in [0.25, 0.3) is 0 Å². The lowest BCUT2D eigenvalue weighted by Crippen LogP contribution is -2.69. The Morgan fingerprint density at radius 2 is 1.86 bits per heavy atom. The summed E-state index contributed by atoms with van der Waals surface area (Å²) in [6.45, 7) is 5.71. The fourth-order valence-electron chi connectivity index (χ4n) is 7.16. The number of aromatic hydroxyl groups is 1. The van der Waals surface area contributed by atoms with Crippen molar-refractivity contribution < 1.29 is 46.7 Å². The maximum absolute atomic E-state index is 15.4. The van der Waals surface area contributed by atoms with Crippen LogP contribution < -0.4 is 15.2 Å². The molecule has 0 radical (unpaired) electrons. The van der Waals surface area contributed by atoms with Crippen LogP contribution in [0.2, 0.25) is 0 Å².